The van der Waals surface area contributed by atoms with Gasteiger partial charge in [0.25, 0.3) is 0 Å². The number of halogens is 1. The van der Waals surface area contributed by atoms with Crippen molar-refractivity contribution < 1.29 is 9.53 Å². The van der Waals surface area contributed by atoms with Crippen LogP contribution in [-0.2, 0) is 4.79 Å². The number of benzene rings is 3. The van der Waals surface area contributed by atoms with Crippen LogP contribution in [0.15, 0.2) is 93.5 Å². The molecule has 0 saturated heterocycles. The number of ether oxygens (including phenoxy) is 1. The summed E-state index contributed by atoms with van der Waals surface area (Å²) in [6.07, 6.45) is 1.46. The average Bonchev–Trinajstić information content (AvgIpc) is 3.25. The second-order valence-corrected chi connectivity index (χ2v) is 10.2. The third-order valence-electron chi connectivity index (χ3n) is 5.82. The predicted molar refractivity (Wildman–Crippen MR) is 143 cm³/mol. The number of anilines is 2. The van der Waals surface area contributed by atoms with Gasteiger partial charge in [0.2, 0.25) is 4.99 Å². The summed E-state index contributed by atoms with van der Waals surface area (Å²) in [4.78, 5) is 11.7. The lowest BCUT2D eigenvalue weighted by molar-refractivity contribution is -0.110. The van der Waals surface area contributed by atoms with E-state index in [1.807, 2.05) is 76.7 Å². The molecule has 5 rings (SSSR count). The summed E-state index contributed by atoms with van der Waals surface area (Å²) in [5.41, 5.74) is 3.87. The van der Waals surface area contributed by atoms with E-state index in [4.69, 9.17) is 14.9 Å². The third kappa shape index (κ3) is 4.12. The molecule has 0 bridgehead atoms. The number of para-hydroxylation sites is 1. The fourth-order valence-electron chi connectivity index (χ4n) is 4.11. The highest BCUT2D eigenvalue weighted by Gasteiger charge is 2.52. The largest absolute Gasteiger partial charge is 0.497 e. The number of carbonyl (C=O) groups is 1. The summed E-state index contributed by atoms with van der Waals surface area (Å²) in [5, 5.41) is 14.4. The van der Waals surface area contributed by atoms with E-state index in [1.165, 1.54) is 11.8 Å². The molecule has 2 aliphatic heterocycles. The highest BCUT2D eigenvalue weighted by Crippen LogP contribution is 2.50. The first-order valence-electron chi connectivity index (χ1n) is 10.9. The van der Waals surface area contributed by atoms with Crippen molar-refractivity contribution in [1.29, 1.82) is 0 Å². The highest BCUT2D eigenvalue weighted by molar-refractivity contribution is 9.10. The molecule has 172 valence electrons. The highest BCUT2D eigenvalue weighted by atomic mass is 79.9. The van der Waals surface area contributed by atoms with Crippen LogP contribution in [0.25, 0.3) is 0 Å². The first-order chi connectivity index (χ1) is 16.5. The van der Waals surface area contributed by atoms with Gasteiger partial charge in [0.05, 0.1) is 24.2 Å². The van der Waals surface area contributed by atoms with Gasteiger partial charge in [0.15, 0.2) is 10.8 Å². The zero-order valence-corrected chi connectivity index (χ0v) is 21.2. The number of carbonyl (C=O) groups excluding carboxylic acids is 1. The molecule has 1 atom stereocenters. The Kier molecular flexibility index (Phi) is 6.18. The Balaban J connectivity index is 1.64. The molecule has 3 aromatic carbocycles. The minimum atomic E-state index is -0.712. The Labute approximate surface area is 211 Å². The van der Waals surface area contributed by atoms with E-state index in [2.05, 4.69) is 28.1 Å². The van der Waals surface area contributed by atoms with Crippen LogP contribution in [0.3, 0.4) is 0 Å². The fraction of sp³-hybridized carbons (Fsp3) is 0.192. The number of methoxy groups -OCH3 is 1. The predicted octanol–water partition coefficient (Wildman–Crippen LogP) is 6.27. The van der Waals surface area contributed by atoms with E-state index in [1.54, 1.807) is 14.0 Å². The van der Waals surface area contributed by atoms with Crippen molar-refractivity contribution in [3.05, 3.63) is 88.9 Å². The molecule has 1 spiro atoms. The molecule has 0 N–H and O–H groups in total. The Morgan fingerprint density at radius 3 is 2.24 bits per heavy atom. The van der Waals surface area contributed by atoms with Crippen LogP contribution in [-0.4, -0.2) is 28.6 Å². The molecule has 0 aliphatic carbocycles. The number of hydrogen-bond donors (Lipinski definition) is 0. The van der Waals surface area contributed by atoms with Gasteiger partial charge in [0.1, 0.15) is 5.75 Å². The molecule has 1 unspecified atom stereocenters. The van der Waals surface area contributed by atoms with Crippen LogP contribution in [0.1, 0.15) is 25.3 Å². The van der Waals surface area contributed by atoms with Gasteiger partial charge in [-0.05, 0) is 72.3 Å². The van der Waals surface area contributed by atoms with E-state index >= 15 is 0 Å². The second kappa shape index (κ2) is 9.27. The van der Waals surface area contributed by atoms with Crippen LogP contribution in [0.5, 0.6) is 5.75 Å². The van der Waals surface area contributed by atoms with E-state index in [0.29, 0.717) is 11.5 Å². The van der Waals surface area contributed by atoms with Crippen LogP contribution in [0.2, 0.25) is 0 Å². The van der Waals surface area contributed by atoms with Gasteiger partial charge in [-0.1, -0.05) is 46.3 Å². The molecule has 0 aromatic heterocycles. The van der Waals surface area contributed by atoms with Gasteiger partial charge in [-0.25, -0.2) is 10.0 Å². The topological polar surface area (TPSA) is 57.5 Å². The molecule has 3 aromatic rings. The maximum atomic E-state index is 12.5. The smallest absolute Gasteiger partial charge is 0.208 e. The fourth-order valence-corrected chi connectivity index (χ4v) is 5.62. The minimum absolute atomic E-state index is 0.0592. The summed E-state index contributed by atoms with van der Waals surface area (Å²) in [5.74, 6) is 0.704. The van der Waals surface area contributed by atoms with E-state index in [0.717, 1.165) is 39.3 Å². The lowest BCUT2D eigenvalue weighted by Gasteiger charge is -2.46. The molecule has 0 saturated carbocycles. The maximum absolute atomic E-state index is 12.5. The number of thioether (sulfide) groups is 1. The SMILES string of the molecule is COc1ccc(N2N=C(C(C)=O)SC23CCC(c2ccc(Br)cc2)=NN3c2ccccc2)cc1. The van der Waals surface area contributed by atoms with Crippen LogP contribution >= 0.6 is 27.7 Å². The van der Waals surface area contributed by atoms with Crippen molar-refractivity contribution >= 4 is 55.6 Å². The molecule has 34 heavy (non-hydrogen) atoms. The summed E-state index contributed by atoms with van der Waals surface area (Å²) in [7, 11) is 1.64. The average molecular weight is 535 g/mol. The molecule has 0 amide bonds. The first kappa shape index (κ1) is 22.7. The Hall–Kier alpha value is -3.10. The molecule has 0 radical (unpaired) electrons. The monoisotopic (exact) mass is 534 g/mol. The number of rotatable bonds is 5. The zero-order valence-electron chi connectivity index (χ0n) is 18.8. The summed E-state index contributed by atoms with van der Waals surface area (Å²) in [6.45, 7) is 1.56. The molecule has 0 fully saturated rings. The lowest BCUT2D eigenvalue weighted by Crippen LogP contribution is -2.56. The second-order valence-electron chi connectivity index (χ2n) is 8.02. The molecule has 8 heteroatoms. The first-order valence-corrected chi connectivity index (χ1v) is 12.5. The quantitative estimate of drug-likeness (QED) is 0.386. The lowest BCUT2D eigenvalue weighted by atomic mass is 10.0. The van der Waals surface area contributed by atoms with Gasteiger partial charge in [0, 0.05) is 17.8 Å². The standard InChI is InChI=1S/C26H23BrN4O2S/c1-18(32)25-29-31(22-12-14-23(33-2)15-13-22)26(34-25)17-16-24(19-8-10-20(27)11-9-19)28-30(26)21-6-4-3-5-7-21/h3-15H,16-17H2,1-2H3. The normalized spacial score (nSPS) is 19.7. The molecule has 2 aliphatic rings. The third-order valence-corrected chi connectivity index (χ3v) is 7.79. The maximum Gasteiger partial charge on any atom is 0.208 e. The van der Waals surface area contributed by atoms with Crippen molar-refractivity contribution in [3.63, 3.8) is 0 Å². The molecular weight excluding hydrogens is 512 g/mol. The number of Topliss-reactive ketones (excluding diaryl/α,β-unsaturated/α-hetero) is 1. The van der Waals surface area contributed by atoms with Gasteiger partial charge in [-0.2, -0.15) is 10.2 Å². The van der Waals surface area contributed by atoms with Crippen molar-refractivity contribution in [3.8, 4) is 5.75 Å². The number of hydrazone groups is 2. The van der Waals surface area contributed by atoms with Gasteiger partial charge >= 0.3 is 0 Å². The van der Waals surface area contributed by atoms with E-state index in [9.17, 15) is 4.79 Å². The van der Waals surface area contributed by atoms with Crippen LogP contribution in [0, 0.1) is 0 Å². The zero-order chi connectivity index (χ0) is 23.7. The Morgan fingerprint density at radius 1 is 0.941 bits per heavy atom. The summed E-state index contributed by atoms with van der Waals surface area (Å²) < 4.78 is 6.37. The van der Waals surface area contributed by atoms with Crippen LogP contribution in [0.4, 0.5) is 11.4 Å². The van der Waals surface area contributed by atoms with Gasteiger partial charge in [-0.15, -0.1) is 0 Å². The molecule has 2 heterocycles. The molecular formula is C26H23BrN4O2S. The van der Waals surface area contributed by atoms with Crippen molar-refractivity contribution in [2.45, 2.75) is 24.8 Å². The number of ketones is 1. The van der Waals surface area contributed by atoms with Crippen molar-refractivity contribution in [2.75, 3.05) is 17.1 Å². The van der Waals surface area contributed by atoms with Crippen molar-refractivity contribution in [2.24, 2.45) is 10.2 Å². The van der Waals surface area contributed by atoms with E-state index in [-0.39, 0.29) is 5.78 Å². The minimum Gasteiger partial charge on any atom is -0.497 e. The van der Waals surface area contributed by atoms with Gasteiger partial charge in [-0.3, -0.25) is 4.79 Å². The Bertz CT molecular complexity index is 1260. The number of hydrogen-bond acceptors (Lipinski definition) is 7. The summed E-state index contributed by atoms with van der Waals surface area (Å²) in [6, 6.07) is 26.0. The van der Waals surface area contributed by atoms with Crippen LogP contribution < -0.4 is 14.8 Å². The van der Waals surface area contributed by atoms with E-state index < -0.39 is 4.99 Å². The van der Waals surface area contributed by atoms with Crippen molar-refractivity contribution in [1.82, 2.24) is 0 Å². The van der Waals surface area contributed by atoms with Gasteiger partial charge < -0.3 is 4.74 Å². The molecule has 6 nitrogen and oxygen atoms in total. The Morgan fingerprint density at radius 2 is 1.59 bits per heavy atom. The number of nitrogens with zero attached hydrogens (tertiary/aromatic N) is 4. The summed E-state index contributed by atoms with van der Waals surface area (Å²) >= 11 is 4.98.